The maximum absolute atomic E-state index is 13.5. The zero-order valence-electron chi connectivity index (χ0n) is 10.6. The molecule has 0 aliphatic heterocycles. The predicted molar refractivity (Wildman–Crippen MR) is 74.4 cm³/mol. The van der Waals surface area contributed by atoms with Crippen molar-refractivity contribution in [3.8, 4) is 6.01 Å². The predicted octanol–water partition coefficient (Wildman–Crippen LogP) is 3.42. The van der Waals surface area contributed by atoms with E-state index in [9.17, 15) is 4.39 Å². The summed E-state index contributed by atoms with van der Waals surface area (Å²) in [5.41, 5.74) is 0.905. The molecule has 104 valence electrons. The smallest absolute Gasteiger partial charge is 0.318 e. The highest BCUT2D eigenvalue weighted by atomic mass is 35.5. The van der Waals surface area contributed by atoms with E-state index in [4.69, 9.17) is 16.3 Å². The number of halogens is 2. The molecule has 4 nitrogen and oxygen atoms in total. The Balaban J connectivity index is 1.67. The number of aromatic nitrogens is 2. The van der Waals surface area contributed by atoms with Crippen molar-refractivity contribution in [2.45, 2.75) is 25.5 Å². The minimum atomic E-state index is -0.466. The van der Waals surface area contributed by atoms with E-state index in [2.05, 4.69) is 15.3 Å². The number of anilines is 1. The van der Waals surface area contributed by atoms with Crippen LogP contribution in [0, 0.1) is 5.82 Å². The first-order chi connectivity index (χ1) is 9.70. The highest BCUT2D eigenvalue weighted by Crippen LogP contribution is 2.25. The van der Waals surface area contributed by atoms with Crippen LogP contribution in [0.5, 0.6) is 6.01 Å². The van der Waals surface area contributed by atoms with Gasteiger partial charge >= 0.3 is 6.01 Å². The number of rotatable bonds is 5. The summed E-state index contributed by atoms with van der Waals surface area (Å²) in [5.74, 6) is -0.268. The molecular formula is C14H13ClFN3O. The van der Waals surface area contributed by atoms with E-state index in [0.717, 1.165) is 24.6 Å². The average molecular weight is 294 g/mol. The largest absolute Gasteiger partial charge is 0.459 e. The Morgan fingerprint density at radius 3 is 3.00 bits per heavy atom. The molecule has 0 atom stereocenters. The van der Waals surface area contributed by atoms with E-state index in [1.807, 2.05) is 12.1 Å². The molecule has 1 aromatic heterocycles. The number of nitrogens with zero attached hydrogens (tertiary/aromatic N) is 2. The van der Waals surface area contributed by atoms with Gasteiger partial charge in [-0.3, -0.25) is 0 Å². The molecule has 6 heteroatoms. The molecule has 2 aromatic rings. The summed E-state index contributed by atoms with van der Waals surface area (Å²) in [5, 5.41) is 3.65. The van der Waals surface area contributed by atoms with Crippen LogP contribution < -0.4 is 10.1 Å². The second kappa shape index (κ2) is 5.63. The van der Waals surface area contributed by atoms with Crippen LogP contribution in [0.25, 0.3) is 0 Å². The molecule has 1 fully saturated rings. The Bertz CT molecular complexity index is 619. The molecule has 1 saturated carbocycles. The lowest BCUT2D eigenvalue weighted by Gasteiger charge is -2.08. The van der Waals surface area contributed by atoms with E-state index >= 15 is 0 Å². The summed E-state index contributed by atoms with van der Waals surface area (Å²) in [4.78, 5) is 7.86. The van der Waals surface area contributed by atoms with Gasteiger partial charge in [0.05, 0.1) is 6.20 Å². The Hall–Kier alpha value is -1.88. The average Bonchev–Trinajstić information content (AvgIpc) is 3.24. The van der Waals surface area contributed by atoms with Crippen LogP contribution in [-0.4, -0.2) is 16.0 Å². The van der Waals surface area contributed by atoms with Crippen molar-refractivity contribution in [1.82, 2.24) is 9.97 Å². The van der Waals surface area contributed by atoms with Crippen molar-refractivity contribution in [2.24, 2.45) is 0 Å². The summed E-state index contributed by atoms with van der Waals surface area (Å²) >= 11 is 5.89. The topological polar surface area (TPSA) is 47.0 Å². The van der Waals surface area contributed by atoms with Crippen LogP contribution in [0.1, 0.15) is 18.4 Å². The number of ether oxygens (including phenoxy) is 1. The Morgan fingerprint density at radius 2 is 2.25 bits per heavy atom. The second-order valence-corrected chi connectivity index (χ2v) is 5.12. The van der Waals surface area contributed by atoms with Crippen LogP contribution in [0.2, 0.25) is 5.02 Å². The fourth-order valence-electron chi connectivity index (χ4n) is 1.72. The lowest BCUT2D eigenvalue weighted by Crippen LogP contribution is -2.08. The van der Waals surface area contributed by atoms with Crippen LogP contribution in [0.3, 0.4) is 0 Å². The Labute approximate surface area is 121 Å². The summed E-state index contributed by atoms with van der Waals surface area (Å²) in [6.45, 7) is 0.287. The van der Waals surface area contributed by atoms with E-state index in [0.29, 0.717) is 11.1 Å². The molecule has 1 aromatic carbocycles. The Kier molecular flexibility index (Phi) is 3.69. The van der Waals surface area contributed by atoms with Gasteiger partial charge in [-0.1, -0.05) is 23.7 Å². The van der Waals surface area contributed by atoms with Crippen LogP contribution in [0.4, 0.5) is 10.2 Å². The van der Waals surface area contributed by atoms with Crippen molar-refractivity contribution < 1.29 is 9.13 Å². The van der Waals surface area contributed by atoms with Crippen molar-refractivity contribution >= 4 is 17.4 Å². The molecule has 0 unspecified atom stereocenters. The summed E-state index contributed by atoms with van der Waals surface area (Å²) < 4.78 is 19.0. The van der Waals surface area contributed by atoms with Gasteiger partial charge in [-0.25, -0.2) is 9.37 Å². The molecule has 20 heavy (non-hydrogen) atoms. The zero-order valence-corrected chi connectivity index (χ0v) is 11.4. The van der Waals surface area contributed by atoms with E-state index < -0.39 is 5.82 Å². The molecular weight excluding hydrogens is 281 g/mol. The van der Waals surface area contributed by atoms with E-state index in [1.54, 1.807) is 12.1 Å². The highest BCUT2D eigenvalue weighted by Gasteiger charge is 2.23. The summed E-state index contributed by atoms with van der Waals surface area (Å²) in [6.07, 6.45) is 3.20. The molecule has 0 bridgehead atoms. The molecule has 1 N–H and O–H groups in total. The maximum atomic E-state index is 13.5. The molecule has 1 heterocycles. The minimum Gasteiger partial charge on any atom is -0.459 e. The van der Waals surface area contributed by atoms with Gasteiger partial charge in [-0.05, 0) is 30.5 Å². The van der Waals surface area contributed by atoms with Gasteiger partial charge in [-0.15, -0.1) is 0 Å². The highest BCUT2D eigenvalue weighted by molar-refractivity contribution is 6.30. The molecule has 0 amide bonds. The molecule has 0 spiro atoms. The standard InChI is InChI=1S/C14H13ClFN3O/c15-10-3-1-2-9(6-10)8-20-14-17-7-12(16)13(19-14)18-11-4-5-11/h1-3,6-7,11H,4-5,8H2,(H,17,18,19). The van der Waals surface area contributed by atoms with Gasteiger partial charge in [0, 0.05) is 11.1 Å². The number of benzene rings is 1. The molecule has 0 saturated heterocycles. The van der Waals surface area contributed by atoms with Crippen molar-refractivity contribution in [2.75, 3.05) is 5.32 Å². The zero-order chi connectivity index (χ0) is 13.9. The van der Waals surface area contributed by atoms with Gasteiger partial charge in [0.25, 0.3) is 0 Å². The van der Waals surface area contributed by atoms with Gasteiger partial charge in [-0.2, -0.15) is 4.98 Å². The van der Waals surface area contributed by atoms with Crippen molar-refractivity contribution in [1.29, 1.82) is 0 Å². The second-order valence-electron chi connectivity index (χ2n) is 4.69. The van der Waals surface area contributed by atoms with Gasteiger partial charge in [0.2, 0.25) is 0 Å². The first-order valence-electron chi connectivity index (χ1n) is 6.37. The SMILES string of the molecule is Fc1cnc(OCc2cccc(Cl)c2)nc1NC1CC1. The van der Waals surface area contributed by atoms with E-state index in [1.165, 1.54) is 0 Å². The summed E-state index contributed by atoms with van der Waals surface area (Å²) in [6, 6.07) is 7.78. The van der Waals surface area contributed by atoms with Crippen LogP contribution in [0.15, 0.2) is 30.5 Å². The van der Waals surface area contributed by atoms with Gasteiger partial charge < -0.3 is 10.1 Å². The normalized spacial score (nSPS) is 14.1. The minimum absolute atomic E-state index is 0.148. The van der Waals surface area contributed by atoms with Crippen molar-refractivity contribution in [3.63, 3.8) is 0 Å². The molecule has 1 aliphatic carbocycles. The molecule has 1 aliphatic rings. The first-order valence-corrected chi connectivity index (χ1v) is 6.75. The van der Waals surface area contributed by atoms with Crippen molar-refractivity contribution in [3.05, 3.63) is 46.9 Å². The van der Waals surface area contributed by atoms with Crippen LogP contribution in [-0.2, 0) is 6.61 Å². The monoisotopic (exact) mass is 293 g/mol. The number of hydrogen-bond acceptors (Lipinski definition) is 4. The number of nitrogens with one attached hydrogen (secondary N) is 1. The van der Waals surface area contributed by atoms with Gasteiger partial charge in [0.1, 0.15) is 6.61 Å². The fraction of sp³-hybridized carbons (Fsp3) is 0.286. The third kappa shape index (κ3) is 3.36. The lowest BCUT2D eigenvalue weighted by molar-refractivity contribution is 0.280. The number of hydrogen-bond donors (Lipinski definition) is 1. The summed E-state index contributed by atoms with van der Waals surface area (Å²) in [7, 11) is 0. The van der Waals surface area contributed by atoms with Gasteiger partial charge in [0.15, 0.2) is 11.6 Å². The molecule has 0 radical (unpaired) electrons. The Morgan fingerprint density at radius 1 is 1.40 bits per heavy atom. The van der Waals surface area contributed by atoms with Crippen LogP contribution >= 0.6 is 11.6 Å². The lowest BCUT2D eigenvalue weighted by atomic mass is 10.2. The third-order valence-electron chi connectivity index (χ3n) is 2.90. The first kappa shape index (κ1) is 13.1. The quantitative estimate of drug-likeness (QED) is 0.917. The maximum Gasteiger partial charge on any atom is 0.318 e. The van der Waals surface area contributed by atoms with E-state index in [-0.39, 0.29) is 18.4 Å². The third-order valence-corrected chi connectivity index (χ3v) is 3.13. The molecule has 3 rings (SSSR count). The fourth-order valence-corrected chi connectivity index (χ4v) is 1.93.